The Labute approximate surface area is 153 Å². The Bertz CT molecular complexity index is 850. The van der Waals surface area contributed by atoms with Crippen molar-refractivity contribution >= 4 is 11.6 Å². The van der Waals surface area contributed by atoms with E-state index in [1.807, 2.05) is 0 Å². The monoisotopic (exact) mass is 384 g/mol. The van der Waals surface area contributed by atoms with Gasteiger partial charge in [0.2, 0.25) is 0 Å². The summed E-state index contributed by atoms with van der Waals surface area (Å²) in [4.78, 5) is 0. The summed E-state index contributed by atoms with van der Waals surface area (Å²) in [6.07, 6.45) is -3.09. The Kier molecular flexibility index (Phi) is 4.27. The molecule has 4 rings (SSSR count). The van der Waals surface area contributed by atoms with Gasteiger partial charge in [0.15, 0.2) is 11.6 Å². The van der Waals surface area contributed by atoms with Gasteiger partial charge in [-0.25, -0.2) is 8.78 Å². The fourth-order valence-corrected chi connectivity index (χ4v) is 4.17. The predicted octanol–water partition coefficient (Wildman–Crippen LogP) is 6.54. The highest BCUT2D eigenvalue weighted by atomic mass is 35.5. The smallest absolute Gasteiger partial charge is 0.312 e. The lowest BCUT2D eigenvalue weighted by Gasteiger charge is -2.43. The minimum atomic E-state index is -3.34. The third-order valence-electron chi connectivity index (χ3n) is 5.50. The van der Waals surface area contributed by atoms with Gasteiger partial charge in [0, 0.05) is 22.1 Å². The second-order valence-corrected chi connectivity index (χ2v) is 7.60. The Hall–Kier alpha value is -1.59. The number of hydrogen-bond acceptors (Lipinski definition) is 1. The molecule has 1 nitrogen and oxygen atoms in total. The molecule has 1 fully saturated rings. The quantitative estimate of drug-likeness (QED) is 0.507. The van der Waals surface area contributed by atoms with E-state index in [0.717, 1.165) is 0 Å². The van der Waals surface area contributed by atoms with Crippen LogP contribution in [0.1, 0.15) is 37.0 Å². The second-order valence-electron chi connectivity index (χ2n) is 7.17. The zero-order valence-corrected chi connectivity index (χ0v) is 14.8. The van der Waals surface area contributed by atoms with E-state index < -0.39 is 29.8 Å². The van der Waals surface area contributed by atoms with Crippen molar-refractivity contribution in [3.63, 3.8) is 0 Å². The van der Waals surface area contributed by atoms with Crippen LogP contribution in [-0.2, 0) is 11.2 Å². The van der Waals surface area contributed by atoms with E-state index in [2.05, 4.69) is 0 Å². The van der Waals surface area contributed by atoms with Crippen LogP contribution in [0.4, 0.5) is 17.6 Å². The van der Waals surface area contributed by atoms with Crippen LogP contribution in [-0.4, -0.2) is 6.11 Å². The Morgan fingerprint density at radius 1 is 1.12 bits per heavy atom. The molecule has 3 atom stereocenters. The highest BCUT2D eigenvalue weighted by molar-refractivity contribution is 6.30. The van der Waals surface area contributed by atoms with Gasteiger partial charge < -0.3 is 4.74 Å². The average Bonchev–Trinajstić information content (AvgIpc) is 2.59. The molecule has 0 spiro atoms. The molecule has 2 aromatic carbocycles. The van der Waals surface area contributed by atoms with Gasteiger partial charge in [0.25, 0.3) is 0 Å². The Balaban J connectivity index is 1.81. The lowest BCUT2D eigenvalue weighted by atomic mass is 9.74. The summed E-state index contributed by atoms with van der Waals surface area (Å²) in [5.41, 5.74) is 1.06. The van der Waals surface area contributed by atoms with E-state index in [-0.39, 0.29) is 23.5 Å². The van der Waals surface area contributed by atoms with Gasteiger partial charge in [-0.2, -0.15) is 8.78 Å². The molecule has 1 aliphatic carbocycles. The first kappa shape index (κ1) is 17.8. The van der Waals surface area contributed by atoms with Crippen molar-refractivity contribution in [1.82, 2.24) is 0 Å². The lowest BCUT2D eigenvalue weighted by molar-refractivity contribution is -0.328. The molecule has 0 radical (unpaired) electrons. The van der Waals surface area contributed by atoms with Crippen LogP contribution in [0.15, 0.2) is 30.3 Å². The van der Waals surface area contributed by atoms with Crippen LogP contribution >= 0.6 is 11.6 Å². The molecule has 3 unspecified atom stereocenters. The van der Waals surface area contributed by atoms with Crippen molar-refractivity contribution in [2.75, 3.05) is 0 Å². The van der Waals surface area contributed by atoms with Gasteiger partial charge >= 0.3 is 6.11 Å². The first-order valence-corrected chi connectivity index (χ1v) is 8.98. The summed E-state index contributed by atoms with van der Waals surface area (Å²) < 4.78 is 62.7. The fraction of sp³-hybridized carbons (Fsp3) is 0.400. The lowest BCUT2D eigenvalue weighted by Crippen LogP contribution is -2.42. The number of fused-ring (bicyclic) bond motifs is 3. The second kappa shape index (κ2) is 6.24. The molecule has 26 heavy (non-hydrogen) atoms. The number of rotatable bonds is 1. The molecule has 0 aromatic heterocycles. The molecule has 1 heterocycles. The van der Waals surface area contributed by atoms with E-state index in [4.69, 9.17) is 16.3 Å². The molecule has 1 saturated heterocycles. The Morgan fingerprint density at radius 2 is 1.81 bits per heavy atom. The first-order valence-electron chi connectivity index (χ1n) is 8.60. The van der Waals surface area contributed by atoms with E-state index in [1.54, 1.807) is 30.3 Å². The van der Waals surface area contributed by atoms with Gasteiger partial charge in [-0.15, -0.1) is 0 Å². The molecular formula is C20H17ClF4O. The molecule has 2 aliphatic rings. The first-order chi connectivity index (χ1) is 12.3. The molecule has 1 aliphatic heterocycles. The summed E-state index contributed by atoms with van der Waals surface area (Å²) in [6.45, 7) is 1.42. The van der Waals surface area contributed by atoms with E-state index >= 15 is 0 Å². The summed E-state index contributed by atoms with van der Waals surface area (Å²) in [7, 11) is 0. The molecule has 2 aromatic rings. The molecule has 0 N–H and O–H groups in total. The molecule has 138 valence electrons. The molecule has 0 bridgehead atoms. The van der Waals surface area contributed by atoms with Gasteiger partial charge in [-0.05, 0) is 54.5 Å². The zero-order chi connectivity index (χ0) is 18.6. The van der Waals surface area contributed by atoms with Crippen molar-refractivity contribution in [3.05, 3.63) is 58.1 Å². The molecule has 0 saturated carbocycles. The maximum atomic E-state index is 14.9. The van der Waals surface area contributed by atoms with E-state index in [1.165, 1.54) is 6.92 Å². The maximum Gasteiger partial charge on any atom is 0.358 e. The largest absolute Gasteiger partial charge is 0.358 e. The number of alkyl halides is 2. The van der Waals surface area contributed by atoms with Crippen molar-refractivity contribution in [2.24, 2.45) is 11.8 Å². The van der Waals surface area contributed by atoms with E-state index in [0.29, 0.717) is 29.0 Å². The van der Waals surface area contributed by atoms with Crippen LogP contribution in [0.5, 0.6) is 0 Å². The van der Waals surface area contributed by atoms with Gasteiger partial charge in [-0.1, -0.05) is 30.7 Å². The number of halogens is 5. The number of hydrogen-bond donors (Lipinski definition) is 0. The minimum Gasteiger partial charge on any atom is -0.312 e. The summed E-state index contributed by atoms with van der Waals surface area (Å²) in [6, 6.07) is 7.94. The highest BCUT2D eigenvalue weighted by Gasteiger charge is 2.51. The summed E-state index contributed by atoms with van der Waals surface area (Å²) in [5, 5.41) is 0.488. The maximum absolute atomic E-state index is 14.9. The molecule has 6 heteroatoms. The summed E-state index contributed by atoms with van der Waals surface area (Å²) in [5.74, 6) is -3.30. The average molecular weight is 385 g/mol. The van der Waals surface area contributed by atoms with Crippen molar-refractivity contribution in [2.45, 2.75) is 38.4 Å². The highest BCUT2D eigenvalue weighted by Crippen LogP contribution is 2.51. The fourth-order valence-electron chi connectivity index (χ4n) is 4.05. The zero-order valence-electron chi connectivity index (χ0n) is 14.0. The van der Waals surface area contributed by atoms with Crippen LogP contribution in [0.3, 0.4) is 0 Å². The van der Waals surface area contributed by atoms with E-state index in [9.17, 15) is 17.6 Å². The standard InChI is InChI=1S/C20H17ClF4O/c1-10-8-13-3-2-12-9-15(11-4-6-14(21)7-5-11)17(22)18(23)16(12)19(13)26-20(10,24)25/h4-7,9-10,13,19H,2-3,8H2,1H3. The molecular weight excluding hydrogens is 368 g/mol. The van der Waals surface area contributed by atoms with Gasteiger partial charge in [0.05, 0.1) is 6.10 Å². The van der Waals surface area contributed by atoms with Gasteiger partial charge in [0.1, 0.15) is 0 Å². The van der Waals surface area contributed by atoms with Crippen LogP contribution in [0, 0.1) is 23.5 Å². The SMILES string of the molecule is CC1CC2CCc3cc(-c4ccc(Cl)cc4)c(F)c(F)c3C2OC1(F)F. The number of aryl methyl sites for hydroxylation is 1. The van der Waals surface area contributed by atoms with Crippen LogP contribution in [0.2, 0.25) is 5.02 Å². The Morgan fingerprint density at radius 3 is 2.50 bits per heavy atom. The third kappa shape index (κ3) is 2.81. The van der Waals surface area contributed by atoms with Crippen LogP contribution < -0.4 is 0 Å². The summed E-state index contributed by atoms with van der Waals surface area (Å²) >= 11 is 5.85. The topological polar surface area (TPSA) is 9.23 Å². The van der Waals surface area contributed by atoms with Crippen molar-refractivity contribution in [1.29, 1.82) is 0 Å². The number of benzene rings is 2. The van der Waals surface area contributed by atoms with Gasteiger partial charge in [-0.3, -0.25) is 0 Å². The third-order valence-corrected chi connectivity index (χ3v) is 5.75. The minimum absolute atomic E-state index is 0.0527. The van der Waals surface area contributed by atoms with Crippen LogP contribution in [0.25, 0.3) is 11.1 Å². The molecule has 0 amide bonds. The predicted molar refractivity (Wildman–Crippen MR) is 91.2 cm³/mol. The van der Waals surface area contributed by atoms with Crippen molar-refractivity contribution < 1.29 is 22.3 Å². The van der Waals surface area contributed by atoms with Crippen molar-refractivity contribution in [3.8, 4) is 11.1 Å². The number of ether oxygens (including phenoxy) is 1. The normalized spacial score (nSPS) is 26.9.